The summed E-state index contributed by atoms with van der Waals surface area (Å²) in [6, 6.07) is 13.5. The molecular formula is C17H19Cl2NO. The van der Waals surface area contributed by atoms with Crippen molar-refractivity contribution in [2.24, 2.45) is 5.92 Å². The van der Waals surface area contributed by atoms with Crippen molar-refractivity contribution >= 4 is 28.9 Å². The van der Waals surface area contributed by atoms with E-state index in [0.29, 0.717) is 22.5 Å². The highest BCUT2D eigenvalue weighted by Gasteiger charge is 2.02. The van der Waals surface area contributed by atoms with Crippen molar-refractivity contribution in [1.29, 1.82) is 0 Å². The molecule has 4 heteroatoms. The minimum absolute atomic E-state index is 0.526. The van der Waals surface area contributed by atoms with Gasteiger partial charge >= 0.3 is 0 Å². The average molecular weight is 324 g/mol. The molecule has 0 aliphatic carbocycles. The fraction of sp³-hybridized carbons (Fsp3) is 0.294. The number of halogens is 2. The predicted molar refractivity (Wildman–Crippen MR) is 90.6 cm³/mol. The van der Waals surface area contributed by atoms with Crippen LogP contribution in [-0.4, -0.2) is 6.61 Å². The molecule has 0 heterocycles. The summed E-state index contributed by atoms with van der Waals surface area (Å²) in [5.74, 6) is 1.43. The normalized spacial score (nSPS) is 10.7. The Kier molecular flexibility index (Phi) is 5.77. The summed E-state index contributed by atoms with van der Waals surface area (Å²) in [6.07, 6.45) is 0. The molecule has 0 aliphatic rings. The Hall–Kier alpha value is -1.38. The molecular weight excluding hydrogens is 305 g/mol. The number of ether oxygens (including phenoxy) is 1. The molecule has 0 unspecified atom stereocenters. The van der Waals surface area contributed by atoms with E-state index < -0.39 is 0 Å². The molecule has 0 amide bonds. The van der Waals surface area contributed by atoms with E-state index in [9.17, 15) is 0 Å². The van der Waals surface area contributed by atoms with Gasteiger partial charge in [0.15, 0.2) is 0 Å². The lowest BCUT2D eigenvalue weighted by Crippen LogP contribution is -2.04. The van der Waals surface area contributed by atoms with E-state index in [2.05, 4.69) is 19.2 Å². The topological polar surface area (TPSA) is 21.3 Å². The molecule has 0 aliphatic heterocycles. The summed E-state index contributed by atoms with van der Waals surface area (Å²) >= 11 is 12.0. The van der Waals surface area contributed by atoms with Crippen LogP contribution in [0, 0.1) is 5.92 Å². The van der Waals surface area contributed by atoms with Crippen molar-refractivity contribution in [3.05, 3.63) is 58.1 Å². The van der Waals surface area contributed by atoms with Gasteiger partial charge in [-0.25, -0.2) is 0 Å². The van der Waals surface area contributed by atoms with Gasteiger partial charge in [-0.05, 0) is 41.8 Å². The van der Waals surface area contributed by atoms with E-state index in [1.165, 1.54) is 0 Å². The van der Waals surface area contributed by atoms with Crippen LogP contribution < -0.4 is 10.1 Å². The predicted octanol–water partition coefficient (Wildman–Crippen LogP) is 5.64. The van der Waals surface area contributed by atoms with Crippen molar-refractivity contribution in [3.8, 4) is 5.75 Å². The standard InChI is InChI=1S/C17H19Cl2NO/c1-12(2)11-21-15-6-3-13(4-7-15)10-20-17-8-5-14(18)9-16(17)19/h3-9,12,20H,10-11H2,1-2H3. The van der Waals surface area contributed by atoms with E-state index >= 15 is 0 Å². The first-order valence-corrected chi connectivity index (χ1v) is 7.71. The lowest BCUT2D eigenvalue weighted by molar-refractivity contribution is 0.271. The minimum atomic E-state index is 0.526. The van der Waals surface area contributed by atoms with E-state index in [0.717, 1.165) is 23.6 Å². The van der Waals surface area contributed by atoms with E-state index in [4.69, 9.17) is 27.9 Å². The Morgan fingerprint density at radius 3 is 2.38 bits per heavy atom. The highest BCUT2D eigenvalue weighted by Crippen LogP contribution is 2.26. The average Bonchev–Trinajstić information content (AvgIpc) is 2.45. The Bertz CT molecular complexity index is 582. The van der Waals surface area contributed by atoms with Crippen LogP contribution in [-0.2, 0) is 6.54 Å². The van der Waals surface area contributed by atoms with E-state index in [1.807, 2.05) is 36.4 Å². The summed E-state index contributed by atoms with van der Waals surface area (Å²) in [4.78, 5) is 0. The van der Waals surface area contributed by atoms with Gasteiger partial charge in [-0.3, -0.25) is 0 Å². The van der Waals surface area contributed by atoms with Gasteiger partial charge in [0.05, 0.1) is 17.3 Å². The van der Waals surface area contributed by atoms with Crippen molar-refractivity contribution < 1.29 is 4.74 Å². The molecule has 0 radical (unpaired) electrons. The Morgan fingerprint density at radius 1 is 1.05 bits per heavy atom. The third kappa shape index (κ3) is 5.14. The van der Waals surface area contributed by atoms with Gasteiger partial charge < -0.3 is 10.1 Å². The molecule has 0 fully saturated rings. The summed E-state index contributed by atoms with van der Waals surface area (Å²) in [6.45, 7) is 5.70. The molecule has 0 spiro atoms. The molecule has 0 saturated heterocycles. The number of benzene rings is 2. The zero-order valence-corrected chi connectivity index (χ0v) is 13.7. The summed E-state index contributed by atoms with van der Waals surface area (Å²) in [5, 5.41) is 4.56. The largest absolute Gasteiger partial charge is 0.493 e. The number of hydrogen-bond acceptors (Lipinski definition) is 2. The molecule has 2 aromatic rings. The van der Waals surface area contributed by atoms with Gasteiger partial charge in [0.2, 0.25) is 0 Å². The Balaban J connectivity index is 1.91. The Labute approximate surface area is 136 Å². The highest BCUT2D eigenvalue weighted by atomic mass is 35.5. The molecule has 2 aromatic carbocycles. The van der Waals surface area contributed by atoms with Crippen molar-refractivity contribution in [2.45, 2.75) is 20.4 Å². The lowest BCUT2D eigenvalue weighted by atomic mass is 10.2. The van der Waals surface area contributed by atoms with Gasteiger partial charge in [-0.2, -0.15) is 0 Å². The maximum Gasteiger partial charge on any atom is 0.119 e. The summed E-state index contributed by atoms with van der Waals surface area (Å²) in [7, 11) is 0. The maximum absolute atomic E-state index is 6.12. The van der Waals surface area contributed by atoms with Crippen LogP contribution in [0.15, 0.2) is 42.5 Å². The van der Waals surface area contributed by atoms with Crippen LogP contribution in [0.4, 0.5) is 5.69 Å². The number of rotatable bonds is 6. The van der Waals surface area contributed by atoms with Crippen LogP contribution in [0.1, 0.15) is 19.4 Å². The SMILES string of the molecule is CC(C)COc1ccc(CNc2ccc(Cl)cc2Cl)cc1. The second kappa shape index (κ2) is 7.58. The first-order chi connectivity index (χ1) is 10.0. The number of anilines is 1. The summed E-state index contributed by atoms with van der Waals surface area (Å²) in [5.41, 5.74) is 2.04. The molecule has 0 saturated carbocycles. The van der Waals surface area contributed by atoms with E-state index in [-0.39, 0.29) is 0 Å². The quantitative estimate of drug-likeness (QED) is 0.742. The molecule has 2 nitrogen and oxygen atoms in total. The van der Waals surface area contributed by atoms with Crippen molar-refractivity contribution in [2.75, 3.05) is 11.9 Å². The summed E-state index contributed by atoms with van der Waals surface area (Å²) < 4.78 is 5.66. The van der Waals surface area contributed by atoms with Gasteiger partial charge in [-0.15, -0.1) is 0 Å². The fourth-order valence-corrected chi connectivity index (χ4v) is 2.27. The van der Waals surface area contributed by atoms with Crippen molar-refractivity contribution in [3.63, 3.8) is 0 Å². The van der Waals surface area contributed by atoms with Crippen LogP contribution in [0.2, 0.25) is 10.0 Å². The van der Waals surface area contributed by atoms with E-state index in [1.54, 1.807) is 6.07 Å². The minimum Gasteiger partial charge on any atom is -0.493 e. The number of nitrogens with one attached hydrogen (secondary N) is 1. The molecule has 1 N–H and O–H groups in total. The Morgan fingerprint density at radius 2 is 1.76 bits per heavy atom. The molecule has 2 rings (SSSR count). The lowest BCUT2D eigenvalue weighted by Gasteiger charge is -2.11. The molecule has 0 aromatic heterocycles. The fourth-order valence-electron chi connectivity index (χ4n) is 1.80. The van der Waals surface area contributed by atoms with Crippen LogP contribution in [0.5, 0.6) is 5.75 Å². The zero-order chi connectivity index (χ0) is 15.2. The highest BCUT2D eigenvalue weighted by molar-refractivity contribution is 6.36. The van der Waals surface area contributed by atoms with Crippen LogP contribution in [0.3, 0.4) is 0 Å². The van der Waals surface area contributed by atoms with Gasteiger partial charge in [0.1, 0.15) is 5.75 Å². The second-order valence-electron chi connectivity index (χ2n) is 5.33. The third-order valence-corrected chi connectivity index (χ3v) is 3.47. The molecule has 0 atom stereocenters. The zero-order valence-electron chi connectivity index (χ0n) is 12.2. The smallest absolute Gasteiger partial charge is 0.119 e. The van der Waals surface area contributed by atoms with Crippen LogP contribution in [0.25, 0.3) is 0 Å². The first kappa shape index (κ1) is 16.0. The van der Waals surface area contributed by atoms with Gasteiger partial charge in [0, 0.05) is 11.6 Å². The van der Waals surface area contributed by atoms with Gasteiger partial charge in [0.25, 0.3) is 0 Å². The van der Waals surface area contributed by atoms with Gasteiger partial charge in [-0.1, -0.05) is 49.2 Å². The third-order valence-electron chi connectivity index (χ3n) is 2.92. The molecule has 112 valence electrons. The second-order valence-corrected chi connectivity index (χ2v) is 6.17. The maximum atomic E-state index is 6.12. The van der Waals surface area contributed by atoms with Crippen LogP contribution >= 0.6 is 23.2 Å². The first-order valence-electron chi connectivity index (χ1n) is 6.95. The molecule has 0 bridgehead atoms. The monoisotopic (exact) mass is 323 g/mol. The van der Waals surface area contributed by atoms with Crippen molar-refractivity contribution in [1.82, 2.24) is 0 Å². The number of hydrogen-bond donors (Lipinski definition) is 1. The molecule has 21 heavy (non-hydrogen) atoms.